The van der Waals surface area contributed by atoms with E-state index in [1.165, 1.54) is 0 Å². The van der Waals surface area contributed by atoms with Gasteiger partial charge in [0.25, 0.3) is 0 Å². The molecule has 1 aromatic heterocycles. The molecule has 0 atom stereocenters. The van der Waals surface area contributed by atoms with E-state index >= 15 is 0 Å². The van der Waals surface area contributed by atoms with Crippen molar-refractivity contribution in [3.05, 3.63) is 41.2 Å². The normalized spacial score (nSPS) is 10.5. The topological polar surface area (TPSA) is 76.7 Å². The van der Waals surface area contributed by atoms with E-state index in [0.717, 1.165) is 35.5 Å². The molecule has 5 heteroatoms. The Balaban J connectivity index is 2.22. The van der Waals surface area contributed by atoms with Crippen molar-refractivity contribution in [2.45, 2.75) is 33.2 Å². The van der Waals surface area contributed by atoms with Crippen LogP contribution in [0.4, 0.5) is 11.6 Å². The zero-order valence-corrected chi connectivity index (χ0v) is 11.3. The van der Waals surface area contributed by atoms with Crippen LogP contribution < -0.4 is 11.1 Å². The first-order valence-electron chi connectivity index (χ1n) is 6.55. The monoisotopic (exact) mass is 257 g/mol. The van der Waals surface area contributed by atoms with Crippen LogP contribution in [0.5, 0.6) is 0 Å². The lowest BCUT2D eigenvalue weighted by Gasteiger charge is -2.08. The van der Waals surface area contributed by atoms with Crippen LogP contribution in [0, 0.1) is 0 Å². The van der Waals surface area contributed by atoms with Crippen LogP contribution in [0.3, 0.4) is 0 Å². The van der Waals surface area contributed by atoms with Gasteiger partial charge in [-0.05, 0) is 30.5 Å². The van der Waals surface area contributed by atoms with E-state index < -0.39 is 0 Å². The lowest BCUT2D eigenvalue weighted by molar-refractivity contribution is 0.829. The SMILES string of the molecule is CCc1nnc(Nc2cccc(CN)c2)nc1CC. The van der Waals surface area contributed by atoms with Crippen molar-refractivity contribution in [2.75, 3.05) is 5.32 Å². The highest BCUT2D eigenvalue weighted by molar-refractivity contribution is 5.54. The van der Waals surface area contributed by atoms with Crippen molar-refractivity contribution in [1.82, 2.24) is 15.2 Å². The third-order valence-electron chi connectivity index (χ3n) is 2.93. The molecule has 5 nitrogen and oxygen atoms in total. The van der Waals surface area contributed by atoms with E-state index in [0.29, 0.717) is 12.5 Å². The fourth-order valence-electron chi connectivity index (χ4n) is 1.90. The first-order valence-corrected chi connectivity index (χ1v) is 6.55. The molecule has 2 rings (SSSR count). The molecule has 0 aliphatic heterocycles. The lowest BCUT2D eigenvalue weighted by Crippen LogP contribution is -2.07. The molecule has 0 aliphatic rings. The summed E-state index contributed by atoms with van der Waals surface area (Å²) in [5.41, 5.74) is 9.58. The molecule has 0 unspecified atom stereocenters. The number of aryl methyl sites for hydroxylation is 2. The maximum Gasteiger partial charge on any atom is 0.247 e. The van der Waals surface area contributed by atoms with Gasteiger partial charge >= 0.3 is 0 Å². The Morgan fingerprint density at radius 3 is 2.58 bits per heavy atom. The zero-order chi connectivity index (χ0) is 13.7. The molecule has 1 aromatic carbocycles. The third-order valence-corrected chi connectivity index (χ3v) is 2.93. The Hall–Kier alpha value is -2.01. The van der Waals surface area contributed by atoms with Crippen molar-refractivity contribution in [2.24, 2.45) is 5.73 Å². The van der Waals surface area contributed by atoms with E-state index in [-0.39, 0.29) is 0 Å². The zero-order valence-electron chi connectivity index (χ0n) is 11.3. The molecule has 0 aliphatic carbocycles. The number of nitrogens with zero attached hydrogens (tertiary/aromatic N) is 3. The van der Waals surface area contributed by atoms with Crippen LogP contribution in [0.2, 0.25) is 0 Å². The van der Waals surface area contributed by atoms with Crippen molar-refractivity contribution in [3.63, 3.8) is 0 Å². The van der Waals surface area contributed by atoms with Crippen LogP contribution in [0.1, 0.15) is 30.8 Å². The fraction of sp³-hybridized carbons (Fsp3) is 0.357. The second-order valence-electron chi connectivity index (χ2n) is 4.27. The number of hydrogen-bond acceptors (Lipinski definition) is 5. The van der Waals surface area contributed by atoms with Gasteiger partial charge in [-0.1, -0.05) is 26.0 Å². The minimum absolute atomic E-state index is 0.517. The summed E-state index contributed by atoms with van der Waals surface area (Å²) in [4.78, 5) is 4.50. The van der Waals surface area contributed by atoms with E-state index in [1.807, 2.05) is 24.3 Å². The molecule has 0 spiro atoms. The summed E-state index contributed by atoms with van der Waals surface area (Å²) in [6.45, 7) is 4.65. The largest absolute Gasteiger partial charge is 0.326 e. The minimum Gasteiger partial charge on any atom is -0.326 e. The summed E-state index contributed by atoms with van der Waals surface area (Å²) in [6.07, 6.45) is 1.71. The maximum absolute atomic E-state index is 5.62. The molecule has 0 saturated carbocycles. The van der Waals surface area contributed by atoms with Gasteiger partial charge in [0.05, 0.1) is 11.4 Å². The Morgan fingerprint density at radius 1 is 1.11 bits per heavy atom. The molecular formula is C14H19N5. The Bertz CT molecular complexity index is 553. The van der Waals surface area contributed by atoms with E-state index in [1.54, 1.807) is 0 Å². The van der Waals surface area contributed by atoms with Crippen LogP contribution in [-0.4, -0.2) is 15.2 Å². The summed E-state index contributed by atoms with van der Waals surface area (Å²) >= 11 is 0. The van der Waals surface area contributed by atoms with Crippen LogP contribution in [0.15, 0.2) is 24.3 Å². The van der Waals surface area contributed by atoms with Gasteiger partial charge < -0.3 is 11.1 Å². The first kappa shape index (κ1) is 13.4. The van der Waals surface area contributed by atoms with Crippen molar-refractivity contribution in [3.8, 4) is 0 Å². The Kier molecular flexibility index (Phi) is 4.41. The molecule has 19 heavy (non-hydrogen) atoms. The van der Waals surface area contributed by atoms with Gasteiger partial charge in [-0.25, -0.2) is 4.98 Å². The highest BCUT2D eigenvalue weighted by atomic mass is 15.2. The van der Waals surface area contributed by atoms with Crippen LogP contribution >= 0.6 is 0 Å². The molecule has 0 fully saturated rings. The summed E-state index contributed by atoms with van der Waals surface area (Å²) in [7, 11) is 0. The summed E-state index contributed by atoms with van der Waals surface area (Å²) < 4.78 is 0. The summed E-state index contributed by atoms with van der Waals surface area (Å²) in [5.74, 6) is 0.531. The maximum atomic E-state index is 5.62. The smallest absolute Gasteiger partial charge is 0.247 e. The predicted octanol–water partition coefficient (Wildman–Crippen LogP) is 2.20. The summed E-state index contributed by atoms with van der Waals surface area (Å²) in [5, 5.41) is 11.5. The van der Waals surface area contributed by atoms with E-state index in [2.05, 4.69) is 34.3 Å². The molecular weight excluding hydrogens is 238 g/mol. The number of hydrogen-bond donors (Lipinski definition) is 2. The number of anilines is 2. The number of rotatable bonds is 5. The lowest BCUT2D eigenvalue weighted by atomic mass is 10.2. The molecule has 0 bridgehead atoms. The second-order valence-corrected chi connectivity index (χ2v) is 4.27. The van der Waals surface area contributed by atoms with Gasteiger partial charge in [-0.15, -0.1) is 10.2 Å². The predicted molar refractivity (Wildman–Crippen MR) is 76.2 cm³/mol. The van der Waals surface area contributed by atoms with Crippen LogP contribution in [0.25, 0.3) is 0 Å². The molecule has 1 heterocycles. The highest BCUT2D eigenvalue weighted by Crippen LogP contribution is 2.15. The number of nitrogens with two attached hydrogens (primary N) is 1. The molecule has 100 valence electrons. The average molecular weight is 257 g/mol. The fourth-order valence-corrected chi connectivity index (χ4v) is 1.90. The van der Waals surface area contributed by atoms with Gasteiger partial charge in [-0.3, -0.25) is 0 Å². The minimum atomic E-state index is 0.517. The standard InChI is InChI=1S/C14H19N5/c1-3-12-13(4-2)18-19-14(17-12)16-11-7-5-6-10(8-11)9-15/h5-8H,3-4,9,15H2,1-2H3,(H,16,17,19). The molecule has 0 radical (unpaired) electrons. The number of aromatic nitrogens is 3. The van der Waals surface area contributed by atoms with Crippen molar-refractivity contribution < 1.29 is 0 Å². The molecule has 0 amide bonds. The van der Waals surface area contributed by atoms with Gasteiger partial charge in [0.15, 0.2) is 0 Å². The van der Waals surface area contributed by atoms with E-state index in [9.17, 15) is 0 Å². The van der Waals surface area contributed by atoms with Gasteiger partial charge in [0, 0.05) is 12.2 Å². The molecule has 0 saturated heterocycles. The van der Waals surface area contributed by atoms with Crippen LogP contribution in [-0.2, 0) is 19.4 Å². The van der Waals surface area contributed by atoms with Gasteiger partial charge in [0.2, 0.25) is 5.95 Å². The second kappa shape index (κ2) is 6.24. The molecule has 3 N–H and O–H groups in total. The molecule has 2 aromatic rings. The highest BCUT2D eigenvalue weighted by Gasteiger charge is 2.06. The van der Waals surface area contributed by atoms with Crippen molar-refractivity contribution >= 4 is 11.6 Å². The van der Waals surface area contributed by atoms with Gasteiger partial charge in [0.1, 0.15) is 0 Å². The average Bonchev–Trinajstić information content (AvgIpc) is 2.47. The summed E-state index contributed by atoms with van der Waals surface area (Å²) in [6, 6.07) is 7.89. The Morgan fingerprint density at radius 2 is 1.89 bits per heavy atom. The number of benzene rings is 1. The van der Waals surface area contributed by atoms with E-state index in [4.69, 9.17) is 5.73 Å². The third kappa shape index (κ3) is 3.26. The quantitative estimate of drug-likeness (QED) is 0.858. The first-order chi connectivity index (χ1) is 9.26. The Labute approximate surface area is 113 Å². The number of nitrogens with one attached hydrogen (secondary N) is 1. The van der Waals surface area contributed by atoms with Gasteiger partial charge in [-0.2, -0.15) is 0 Å². The van der Waals surface area contributed by atoms with Crippen molar-refractivity contribution in [1.29, 1.82) is 0 Å².